The molecule has 0 aromatic heterocycles. The van der Waals surface area contributed by atoms with E-state index in [0.29, 0.717) is 0 Å². The van der Waals surface area contributed by atoms with Crippen molar-refractivity contribution in [1.82, 2.24) is 0 Å². The highest BCUT2D eigenvalue weighted by molar-refractivity contribution is 5.84. The van der Waals surface area contributed by atoms with E-state index in [1.54, 1.807) is 0 Å². The van der Waals surface area contributed by atoms with Crippen molar-refractivity contribution in [3.8, 4) is 0 Å². The molecule has 0 saturated carbocycles. The second-order valence-corrected chi connectivity index (χ2v) is 18.2. The minimum absolute atomic E-state index is 0. The van der Waals surface area contributed by atoms with Crippen molar-refractivity contribution in [1.29, 1.82) is 0 Å². The third-order valence-corrected chi connectivity index (χ3v) is 10.6. The molecule has 0 radical (unpaired) electrons. The Morgan fingerprint density at radius 1 is 0.190 bits per heavy atom. The molecule has 0 amide bonds. The summed E-state index contributed by atoms with van der Waals surface area (Å²) in [5, 5.41) is 0. The molecule has 0 fully saturated rings. The first-order valence-corrected chi connectivity index (χ1v) is 28.7. The molecule has 0 N–H and O–H groups in total. The van der Waals surface area contributed by atoms with Crippen LogP contribution >= 0.6 is 0 Å². The molecule has 0 unspecified atom stereocenters. The summed E-state index contributed by atoms with van der Waals surface area (Å²) < 4.78 is 115. The monoisotopic (exact) mass is 1440 g/mol. The topological polar surface area (TPSA) is 365 Å². The molecule has 100 heavy (non-hydrogen) atoms. The molecule has 31 heteroatoms. The maximum atomic E-state index is 11.6. The van der Waals surface area contributed by atoms with Crippen molar-refractivity contribution >= 4 is 59.7 Å². The maximum absolute atomic E-state index is 11.6. The zero-order valence-electron chi connectivity index (χ0n) is 53.2. The van der Waals surface area contributed by atoms with Crippen molar-refractivity contribution in [3.05, 3.63) is 127 Å². The maximum Gasteiger partial charge on any atom is 0.330 e. The Kier molecular flexibility index (Phi) is 77.4. The van der Waals surface area contributed by atoms with E-state index in [-0.39, 0.29) is 243 Å². The number of ether oxygens (including phenoxy) is 21. The molecule has 0 aliphatic carbocycles. The number of hydrogen-bond donors (Lipinski definition) is 0. The SMILES string of the molecule is C.C.C.C.C.C.C=CC(=O)OCCOCC(COCCOC(=O)C=C)(COCCOC(=O)C=C)COCCOC(=O)C=C.C=CC(=O)OCCOCC(COCCOC(=O)C=C)(COCCOC(=O)C=C)OC(COCCOC(=O)C=C)(COCCOC(=O)C=C)COCCOC(=O)C=C. The van der Waals surface area contributed by atoms with Gasteiger partial charge in [-0.3, -0.25) is 0 Å². The first-order valence-electron chi connectivity index (χ1n) is 28.7. The standard InChI is InChI=1S/C38H54O19.C25H36O12.6CH4/c1-7-31(39)51-19-13-45-25-37(26-46-14-20-52-32(40)8-2,27-47-15-21-53-33(41)9-3)57-38(28-48-16-22-54-34(42)10-4,29-49-17-23-55-35(43)11-5)30-50-18-24-56-36(44)12-6;1-5-21(26)34-13-9-30-17-25(18-31-10-14-35-22(27)6-2,19-32-11-15-36-23(28)7-3)20-33-12-16-37-24(29)8-4;;;;;;/h7-12H,1-6,13-30H2;5-8H,1-4,9-20H2;6*1H4. The highest BCUT2D eigenvalue weighted by Gasteiger charge is 2.45. The van der Waals surface area contributed by atoms with Crippen LogP contribution < -0.4 is 0 Å². The molecule has 0 aromatic carbocycles. The van der Waals surface area contributed by atoms with Gasteiger partial charge in [0.2, 0.25) is 0 Å². The molecule has 576 valence electrons. The Bertz CT molecular complexity index is 1980. The van der Waals surface area contributed by atoms with E-state index < -0.39 is 76.3 Å². The molecule has 0 aliphatic rings. The molecular weight excluding hydrogens is 1320 g/mol. The number of carbonyl (C=O) groups is 10. The Balaban J connectivity index is -0.000000287. The summed E-state index contributed by atoms with van der Waals surface area (Å²) in [6.45, 7) is 30.2. The number of esters is 10. The first kappa shape index (κ1) is 108. The second-order valence-electron chi connectivity index (χ2n) is 18.2. The van der Waals surface area contributed by atoms with Gasteiger partial charge in [-0.15, -0.1) is 0 Å². The van der Waals surface area contributed by atoms with Crippen molar-refractivity contribution in [2.75, 3.05) is 198 Å². The number of rotatable bonds is 62. The first-order chi connectivity index (χ1) is 45.3. The van der Waals surface area contributed by atoms with Gasteiger partial charge < -0.3 is 99.5 Å². The normalized spacial score (nSPS) is 10.2. The van der Waals surface area contributed by atoms with Gasteiger partial charge in [0.15, 0.2) is 0 Å². The Morgan fingerprint density at radius 2 is 0.300 bits per heavy atom. The lowest BCUT2D eigenvalue weighted by Gasteiger charge is -2.43. The van der Waals surface area contributed by atoms with E-state index in [0.717, 1.165) is 60.8 Å². The lowest BCUT2D eigenvalue weighted by molar-refractivity contribution is -0.266. The van der Waals surface area contributed by atoms with Crippen molar-refractivity contribution in [3.63, 3.8) is 0 Å². The third-order valence-electron chi connectivity index (χ3n) is 10.6. The molecular formula is C69H114O31. The van der Waals surface area contributed by atoms with Gasteiger partial charge in [0, 0.05) is 60.8 Å². The fraction of sp³-hybridized carbons (Fsp3) is 0.565. The van der Waals surface area contributed by atoms with Crippen LogP contribution in [0.25, 0.3) is 0 Å². The van der Waals surface area contributed by atoms with E-state index in [2.05, 4.69) is 65.8 Å². The zero-order valence-corrected chi connectivity index (χ0v) is 53.2. The highest BCUT2D eigenvalue weighted by Crippen LogP contribution is 2.27. The molecule has 0 aliphatic heterocycles. The van der Waals surface area contributed by atoms with Crippen molar-refractivity contribution < 1.29 is 147 Å². The quantitative estimate of drug-likeness (QED) is 0.0304. The average molecular weight is 1440 g/mol. The van der Waals surface area contributed by atoms with Crippen LogP contribution in [0.3, 0.4) is 0 Å². The highest BCUT2D eigenvalue weighted by atomic mass is 16.7. The van der Waals surface area contributed by atoms with Crippen LogP contribution in [0.15, 0.2) is 127 Å². The van der Waals surface area contributed by atoms with Gasteiger partial charge in [-0.05, 0) is 0 Å². The molecule has 0 bridgehead atoms. The average Bonchev–Trinajstić information content (AvgIpc) is 0.813. The van der Waals surface area contributed by atoms with Gasteiger partial charge >= 0.3 is 59.7 Å². The van der Waals surface area contributed by atoms with E-state index in [9.17, 15) is 47.9 Å². The molecule has 0 rings (SSSR count). The van der Waals surface area contributed by atoms with Gasteiger partial charge in [-0.25, -0.2) is 47.9 Å². The van der Waals surface area contributed by atoms with E-state index in [1.165, 1.54) is 0 Å². The van der Waals surface area contributed by atoms with Crippen LogP contribution in [0, 0.1) is 5.41 Å². The zero-order chi connectivity index (χ0) is 70.4. The smallest absolute Gasteiger partial charge is 0.330 e. The molecule has 0 aromatic rings. The van der Waals surface area contributed by atoms with E-state index >= 15 is 0 Å². The van der Waals surface area contributed by atoms with Crippen LogP contribution in [-0.4, -0.2) is 269 Å². The fourth-order valence-corrected chi connectivity index (χ4v) is 6.44. The van der Waals surface area contributed by atoms with Gasteiger partial charge in [0.1, 0.15) is 77.3 Å². The molecule has 0 spiro atoms. The lowest BCUT2D eigenvalue weighted by atomic mass is 9.92. The van der Waals surface area contributed by atoms with E-state index in [4.69, 9.17) is 99.5 Å². The lowest BCUT2D eigenvalue weighted by Crippen LogP contribution is -2.59. The van der Waals surface area contributed by atoms with Crippen molar-refractivity contribution in [2.45, 2.75) is 55.8 Å². The molecule has 0 heterocycles. The van der Waals surface area contributed by atoms with Gasteiger partial charge in [-0.2, -0.15) is 0 Å². The Labute approximate surface area is 591 Å². The van der Waals surface area contributed by atoms with Crippen LogP contribution in [0.2, 0.25) is 0 Å². The summed E-state index contributed by atoms with van der Waals surface area (Å²) in [4.78, 5) is 115. The summed E-state index contributed by atoms with van der Waals surface area (Å²) in [5.74, 6) is -6.42. The van der Waals surface area contributed by atoms with Crippen LogP contribution in [0.5, 0.6) is 0 Å². The molecule has 31 nitrogen and oxygen atoms in total. The summed E-state index contributed by atoms with van der Waals surface area (Å²) in [7, 11) is 0. The summed E-state index contributed by atoms with van der Waals surface area (Å²) in [5.41, 5.74) is -4.12. The second kappa shape index (κ2) is 71.9. The van der Waals surface area contributed by atoms with Crippen molar-refractivity contribution in [2.24, 2.45) is 5.41 Å². The van der Waals surface area contributed by atoms with Gasteiger partial charge in [0.05, 0.1) is 138 Å². The molecule has 0 saturated heterocycles. The van der Waals surface area contributed by atoms with Gasteiger partial charge in [-0.1, -0.05) is 110 Å². The summed E-state index contributed by atoms with van der Waals surface area (Å²) in [6, 6.07) is 0. The minimum Gasteiger partial charge on any atom is -0.460 e. The largest absolute Gasteiger partial charge is 0.460 e. The summed E-state index contributed by atoms with van der Waals surface area (Å²) >= 11 is 0. The van der Waals surface area contributed by atoms with Gasteiger partial charge in [0.25, 0.3) is 0 Å². The predicted octanol–water partition coefficient (Wildman–Crippen LogP) is 5.73. The van der Waals surface area contributed by atoms with Crippen LogP contribution in [-0.2, 0) is 147 Å². The fourth-order valence-electron chi connectivity index (χ4n) is 6.44. The third kappa shape index (κ3) is 60.8. The van der Waals surface area contributed by atoms with Crippen LogP contribution in [0.4, 0.5) is 0 Å². The Hall–Kier alpha value is -8.34. The molecule has 0 atom stereocenters. The number of carbonyl (C=O) groups excluding carboxylic acids is 10. The summed E-state index contributed by atoms with van der Waals surface area (Å²) in [6.07, 6.45) is 10.1. The van der Waals surface area contributed by atoms with Crippen LogP contribution in [0.1, 0.15) is 44.6 Å². The minimum atomic E-state index is -1.62. The predicted molar refractivity (Wildman–Crippen MR) is 369 cm³/mol. The number of hydrogen-bond acceptors (Lipinski definition) is 31. The Morgan fingerprint density at radius 3 is 0.410 bits per heavy atom. The van der Waals surface area contributed by atoms with E-state index in [1.807, 2.05) is 0 Å².